The molecule has 1 saturated heterocycles. The van der Waals surface area contributed by atoms with Crippen molar-refractivity contribution in [2.24, 2.45) is 0 Å². The minimum Gasteiger partial charge on any atom is -0.457 e. The van der Waals surface area contributed by atoms with Crippen molar-refractivity contribution in [3.05, 3.63) is 93.8 Å². The molecule has 5 rings (SSSR count). The van der Waals surface area contributed by atoms with Gasteiger partial charge in [0, 0.05) is 17.9 Å². The Morgan fingerprint density at radius 2 is 1.86 bits per heavy atom. The molecule has 1 atom stereocenters. The number of ether oxygens (including phenoxy) is 2. The zero-order valence-electron chi connectivity index (χ0n) is 20.7. The lowest BCUT2D eigenvalue weighted by molar-refractivity contribution is -0.125. The fraction of sp³-hybridized carbons (Fsp3) is 0.233. The maximum atomic E-state index is 12.3. The van der Waals surface area contributed by atoms with E-state index in [9.17, 15) is 14.4 Å². The number of alkyl carbamates (subject to hydrolysis) is 1. The van der Waals surface area contributed by atoms with Gasteiger partial charge in [-0.2, -0.15) is 0 Å². The molecular weight excluding hydrogens is 470 g/mol. The quantitative estimate of drug-likeness (QED) is 0.311. The van der Waals surface area contributed by atoms with Crippen LogP contribution < -0.4 is 15.7 Å². The van der Waals surface area contributed by atoms with Crippen LogP contribution in [0.3, 0.4) is 0 Å². The maximum Gasteiger partial charge on any atom is 0.414 e. The summed E-state index contributed by atoms with van der Waals surface area (Å²) in [5, 5.41) is 3.02. The Labute approximate surface area is 214 Å². The summed E-state index contributed by atoms with van der Waals surface area (Å²) < 4.78 is 16.9. The summed E-state index contributed by atoms with van der Waals surface area (Å²) >= 11 is 0. The Morgan fingerprint density at radius 1 is 1.00 bits per heavy atom. The lowest BCUT2D eigenvalue weighted by Gasteiger charge is -2.22. The van der Waals surface area contributed by atoms with Crippen LogP contribution in [0.15, 0.2) is 75.9 Å². The number of nitrogens with one attached hydrogen (secondary N) is 1. The van der Waals surface area contributed by atoms with Crippen molar-refractivity contribution < 1.29 is 23.5 Å². The maximum absolute atomic E-state index is 12.3. The highest BCUT2D eigenvalue weighted by Crippen LogP contribution is 2.34. The topological polar surface area (TPSA) is 94.8 Å². The van der Waals surface area contributed by atoms with E-state index in [0.717, 1.165) is 51.8 Å². The van der Waals surface area contributed by atoms with Gasteiger partial charge < -0.3 is 13.9 Å². The van der Waals surface area contributed by atoms with Crippen LogP contribution >= 0.6 is 0 Å². The van der Waals surface area contributed by atoms with E-state index in [-0.39, 0.29) is 18.0 Å². The first-order valence-corrected chi connectivity index (χ1v) is 12.3. The number of cyclic esters (lactones) is 1. The molecule has 1 aromatic heterocycles. The number of carbonyl (C=O) groups is 2. The molecule has 2 amide bonds. The second-order valence-electron chi connectivity index (χ2n) is 9.28. The first kappa shape index (κ1) is 24.3. The summed E-state index contributed by atoms with van der Waals surface area (Å²) in [4.78, 5) is 35.5. The molecule has 1 aliphatic heterocycles. The van der Waals surface area contributed by atoms with E-state index in [0.29, 0.717) is 17.8 Å². The second-order valence-corrected chi connectivity index (χ2v) is 9.28. The van der Waals surface area contributed by atoms with Gasteiger partial charge in [-0.1, -0.05) is 43.7 Å². The third-order valence-electron chi connectivity index (χ3n) is 6.31. The first-order valence-electron chi connectivity index (χ1n) is 12.3. The van der Waals surface area contributed by atoms with Crippen molar-refractivity contribution in [2.45, 2.75) is 45.6 Å². The van der Waals surface area contributed by atoms with E-state index in [2.05, 4.69) is 18.3 Å². The molecule has 2 heterocycles. The second kappa shape index (κ2) is 10.3. The van der Waals surface area contributed by atoms with Crippen LogP contribution in [0.4, 0.5) is 4.79 Å². The molecule has 0 spiro atoms. The van der Waals surface area contributed by atoms with Crippen LogP contribution in [0.25, 0.3) is 22.1 Å². The fourth-order valence-electron chi connectivity index (χ4n) is 4.65. The highest BCUT2D eigenvalue weighted by Gasteiger charge is 2.26. The lowest BCUT2D eigenvalue weighted by Crippen LogP contribution is -2.42. The van der Waals surface area contributed by atoms with Gasteiger partial charge in [-0.25, -0.2) is 9.59 Å². The molecule has 4 aromatic rings. The molecule has 7 heteroatoms. The molecule has 37 heavy (non-hydrogen) atoms. The van der Waals surface area contributed by atoms with E-state index in [1.807, 2.05) is 61.5 Å². The largest absolute Gasteiger partial charge is 0.457 e. The first-order chi connectivity index (χ1) is 17.9. The average molecular weight is 498 g/mol. The molecule has 188 valence electrons. The van der Waals surface area contributed by atoms with Crippen molar-refractivity contribution in [1.29, 1.82) is 0 Å². The van der Waals surface area contributed by atoms with E-state index >= 15 is 0 Å². The standard InChI is InChI=1S/C30H27NO6/c1-3-5-21-15-20(25-17-29(33)37-27-12-18(2)8-10-24(25)27)9-11-26(21)35-22-7-4-6-19(13-22)14-23-16-28(32)31-30(34)36-23/h4,6-13,15,17,23H,3,5,14,16H2,1-2H3,(H,31,32,34)/t23-/m0/s1. The predicted octanol–water partition coefficient (Wildman–Crippen LogP) is 6.08. The predicted molar refractivity (Wildman–Crippen MR) is 140 cm³/mol. The van der Waals surface area contributed by atoms with Crippen LogP contribution in [0.1, 0.15) is 36.5 Å². The van der Waals surface area contributed by atoms with Crippen LogP contribution in [0.5, 0.6) is 11.5 Å². The van der Waals surface area contributed by atoms with Crippen LogP contribution in [0, 0.1) is 6.92 Å². The summed E-state index contributed by atoms with van der Waals surface area (Å²) in [7, 11) is 0. The van der Waals surface area contributed by atoms with Crippen LogP contribution in [-0.4, -0.2) is 18.1 Å². The van der Waals surface area contributed by atoms with Crippen LogP contribution in [0.2, 0.25) is 0 Å². The molecular formula is C30H27NO6. The number of hydrogen-bond acceptors (Lipinski definition) is 6. The average Bonchev–Trinajstić information content (AvgIpc) is 2.84. The van der Waals surface area contributed by atoms with Crippen LogP contribution in [-0.2, 0) is 22.4 Å². The molecule has 7 nitrogen and oxygen atoms in total. The summed E-state index contributed by atoms with van der Waals surface area (Å²) in [6, 6.07) is 20.9. The molecule has 0 aliphatic carbocycles. The van der Waals surface area contributed by atoms with Gasteiger partial charge in [-0.15, -0.1) is 0 Å². The summed E-state index contributed by atoms with van der Waals surface area (Å²) in [5.74, 6) is 1.04. The molecule has 3 aromatic carbocycles. The van der Waals surface area contributed by atoms with E-state index < -0.39 is 12.2 Å². The van der Waals surface area contributed by atoms with Crippen molar-refractivity contribution in [3.8, 4) is 22.6 Å². The molecule has 1 fully saturated rings. The van der Waals surface area contributed by atoms with Gasteiger partial charge in [0.05, 0.1) is 6.42 Å². The third-order valence-corrected chi connectivity index (χ3v) is 6.31. The normalized spacial score (nSPS) is 15.4. The molecule has 1 N–H and O–H groups in total. The van der Waals surface area contributed by atoms with Crippen molar-refractivity contribution in [1.82, 2.24) is 5.32 Å². The molecule has 0 bridgehead atoms. The van der Waals surface area contributed by atoms with E-state index in [4.69, 9.17) is 13.9 Å². The van der Waals surface area contributed by atoms with Gasteiger partial charge in [0.15, 0.2) is 0 Å². The Hall–Kier alpha value is -4.39. The smallest absolute Gasteiger partial charge is 0.414 e. The van der Waals surface area contributed by atoms with Gasteiger partial charge in [0.25, 0.3) is 0 Å². The third kappa shape index (κ3) is 5.56. The van der Waals surface area contributed by atoms with Gasteiger partial charge in [0.2, 0.25) is 5.91 Å². The summed E-state index contributed by atoms with van der Waals surface area (Å²) in [5.41, 5.74) is 4.87. The number of imide groups is 1. The Morgan fingerprint density at radius 3 is 2.68 bits per heavy atom. The van der Waals surface area contributed by atoms with Gasteiger partial charge in [-0.05, 0) is 71.5 Å². The molecule has 1 aliphatic rings. The van der Waals surface area contributed by atoms with Gasteiger partial charge in [-0.3, -0.25) is 10.1 Å². The van der Waals surface area contributed by atoms with Gasteiger partial charge in [0.1, 0.15) is 23.2 Å². The number of amides is 2. The zero-order valence-corrected chi connectivity index (χ0v) is 20.7. The minimum atomic E-state index is -0.711. The highest BCUT2D eigenvalue weighted by atomic mass is 16.6. The zero-order chi connectivity index (χ0) is 25.9. The monoisotopic (exact) mass is 497 g/mol. The summed E-state index contributed by atoms with van der Waals surface area (Å²) in [6.45, 7) is 4.07. The van der Waals surface area contributed by atoms with Crippen molar-refractivity contribution >= 4 is 23.0 Å². The number of fused-ring (bicyclic) bond motifs is 1. The summed E-state index contributed by atoms with van der Waals surface area (Å²) in [6.07, 6.45) is 1.05. The Balaban J connectivity index is 1.43. The fourth-order valence-corrected chi connectivity index (χ4v) is 4.65. The van der Waals surface area contributed by atoms with E-state index in [1.54, 1.807) is 0 Å². The Bertz CT molecular complexity index is 1540. The molecule has 0 radical (unpaired) electrons. The number of hydrogen-bond donors (Lipinski definition) is 1. The van der Waals surface area contributed by atoms with Crippen molar-refractivity contribution in [2.75, 3.05) is 0 Å². The Kier molecular flexibility index (Phi) is 6.77. The highest BCUT2D eigenvalue weighted by molar-refractivity contribution is 5.94. The number of aryl methyl sites for hydroxylation is 2. The van der Waals surface area contributed by atoms with Crippen molar-refractivity contribution in [3.63, 3.8) is 0 Å². The number of benzene rings is 3. The molecule has 0 unspecified atom stereocenters. The number of rotatable bonds is 7. The minimum absolute atomic E-state index is 0.130. The van der Waals surface area contributed by atoms with E-state index in [1.165, 1.54) is 6.07 Å². The lowest BCUT2D eigenvalue weighted by atomic mass is 9.97. The SMILES string of the molecule is CCCc1cc(-c2cc(=O)oc3cc(C)ccc23)ccc1Oc1cccc(C[C@H]2CC(=O)NC(=O)O2)c1. The van der Waals surface area contributed by atoms with Gasteiger partial charge >= 0.3 is 11.7 Å². The molecule has 0 saturated carbocycles. The number of carbonyl (C=O) groups excluding carboxylic acids is 2.